The van der Waals surface area contributed by atoms with Crippen LogP contribution in [0.5, 0.6) is 0 Å². The van der Waals surface area contributed by atoms with Crippen LogP contribution in [0.15, 0.2) is 41.4 Å². The first-order valence-electron chi connectivity index (χ1n) is 9.45. The first kappa shape index (κ1) is 21.3. The Morgan fingerprint density at radius 3 is 2.76 bits per heavy atom. The predicted molar refractivity (Wildman–Crippen MR) is 117 cm³/mol. The lowest BCUT2D eigenvalue weighted by molar-refractivity contribution is -0.143. The molecule has 0 aliphatic carbocycles. The van der Waals surface area contributed by atoms with Gasteiger partial charge in [-0.05, 0) is 31.9 Å². The molecule has 0 fully saturated rings. The van der Waals surface area contributed by atoms with Crippen LogP contribution in [0.3, 0.4) is 0 Å². The average Bonchev–Trinajstić information content (AvgIpc) is 3.14. The second-order valence-electron chi connectivity index (χ2n) is 6.32. The summed E-state index contributed by atoms with van der Waals surface area (Å²) in [7, 11) is 0. The Morgan fingerprint density at radius 1 is 1.21 bits per heavy atom. The number of ether oxygens (including phenoxy) is 1. The fourth-order valence-electron chi connectivity index (χ4n) is 2.73. The van der Waals surface area contributed by atoms with Gasteiger partial charge in [0.2, 0.25) is 5.91 Å². The molecule has 0 aliphatic rings. The molecular formula is C21H23N3O3S2. The third-order valence-electron chi connectivity index (χ3n) is 4.05. The summed E-state index contributed by atoms with van der Waals surface area (Å²) in [4.78, 5) is 34.6. The van der Waals surface area contributed by atoms with Gasteiger partial charge in [-0.25, -0.2) is 9.97 Å². The van der Waals surface area contributed by atoms with Crippen molar-refractivity contribution >= 4 is 45.2 Å². The molecule has 2 aromatic heterocycles. The fourth-order valence-corrected chi connectivity index (χ4v) is 4.75. The van der Waals surface area contributed by atoms with Crippen molar-refractivity contribution in [3.63, 3.8) is 0 Å². The highest BCUT2D eigenvalue weighted by molar-refractivity contribution is 8.00. The summed E-state index contributed by atoms with van der Waals surface area (Å²) in [6.07, 6.45) is 0.876. The van der Waals surface area contributed by atoms with E-state index in [1.807, 2.05) is 25.1 Å². The Kier molecular flexibility index (Phi) is 7.60. The number of carbonyl (C=O) groups is 2. The Labute approximate surface area is 178 Å². The van der Waals surface area contributed by atoms with E-state index in [9.17, 15) is 9.59 Å². The number of aromatic nitrogens is 2. The van der Waals surface area contributed by atoms with Crippen LogP contribution in [0.1, 0.15) is 25.6 Å². The summed E-state index contributed by atoms with van der Waals surface area (Å²) in [6.45, 7) is 4.47. The number of thiophene rings is 1. The largest absolute Gasteiger partial charge is 0.466 e. The first-order chi connectivity index (χ1) is 14.1. The molecule has 3 rings (SSSR count). The summed E-state index contributed by atoms with van der Waals surface area (Å²) < 4.78 is 4.87. The van der Waals surface area contributed by atoms with E-state index in [4.69, 9.17) is 4.74 Å². The summed E-state index contributed by atoms with van der Waals surface area (Å²) in [6, 6.07) is 12.3. The molecule has 1 N–H and O–H groups in total. The van der Waals surface area contributed by atoms with E-state index in [2.05, 4.69) is 33.5 Å². The minimum atomic E-state index is -0.235. The molecule has 0 spiro atoms. The molecule has 0 aliphatic heterocycles. The number of amides is 1. The van der Waals surface area contributed by atoms with Gasteiger partial charge in [-0.2, -0.15) is 0 Å². The predicted octanol–water partition coefficient (Wildman–Crippen LogP) is 4.22. The minimum Gasteiger partial charge on any atom is -0.466 e. The molecule has 1 aromatic carbocycles. The van der Waals surface area contributed by atoms with Crippen LogP contribution in [-0.4, -0.2) is 40.7 Å². The van der Waals surface area contributed by atoms with Gasteiger partial charge < -0.3 is 10.1 Å². The van der Waals surface area contributed by atoms with Crippen LogP contribution in [-0.2, 0) is 14.3 Å². The van der Waals surface area contributed by atoms with Crippen molar-refractivity contribution in [2.24, 2.45) is 0 Å². The van der Waals surface area contributed by atoms with E-state index in [0.717, 1.165) is 25.7 Å². The lowest BCUT2D eigenvalue weighted by Crippen LogP contribution is -2.26. The first-order valence-corrected chi connectivity index (χ1v) is 11.3. The van der Waals surface area contributed by atoms with Crippen molar-refractivity contribution < 1.29 is 14.3 Å². The number of hydrogen-bond donors (Lipinski definition) is 1. The van der Waals surface area contributed by atoms with Gasteiger partial charge in [0.05, 0.1) is 12.4 Å². The van der Waals surface area contributed by atoms with Gasteiger partial charge in [-0.15, -0.1) is 11.3 Å². The van der Waals surface area contributed by atoms with Crippen molar-refractivity contribution in [3.8, 4) is 10.4 Å². The zero-order valence-corrected chi connectivity index (χ0v) is 18.1. The van der Waals surface area contributed by atoms with Crippen molar-refractivity contribution in [1.82, 2.24) is 15.3 Å². The number of esters is 1. The number of hydrogen-bond acceptors (Lipinski definition) is 7. The lowest BCUT2D eigenvalue weighted by atomic mass is 10.2. The maximum atomic E-state index is 12.1. The Bertz CT molecular complexity index is 990. The quantitative estimate of drug-likeness (QED) is 0.237. The van der Waals surface area contributed by atoms with Crippen LogP contribution in [0.4, 0.5) is 0 Å². The third kappa shape index (κ3) is 6.01. The molecule has 1 amide bonds. The zero-order valence-electron chi connectivity index (χ0n) is 16.4. The van der Waals surface area contributed by atoms with Gasteiger partial charge in [-0.1, -0.05) is 42.1 Å². The number of carbonyl (C=O) groups excluding carboxylic acids is 2. The highest BCUT2D eigenvalue weighted by atomic mass is 32.2. The Balaban J connectivity index is 1.60. The molecule has 3 aromatic rings. The zero-order chi connectivity index (χ0) is 20.6. The molecule has 0 radical (unpaired) electrons. The van der Waals surface area contributed by atoms with Gasteiger partial charge in [0.15, 0.2) is 0 Å². The molecule has 152 valence electrons. The monoisotopic (exact) mass is 429 g/mol. The summed E-state index contributed by atoms with van der Waals surface area (Å²) in [5, 5.41) is 4.62. The van der Waals surface area contributed by atoms with Crippen molar-refractivity contribution in [2.45, 2.75) is 31.7 Å². The minimum absolute atomic E-state index is 0.0817. The van der Waals surface area contributed by atoms with Crippen LogP contribution in [0.2, 0.25) is 0 Å². The van der Waals surface area contributed by atoms with E-state index < -0.39 is 0 Å². The van der Waals surface area contributed by atoms with Crippen LogP contribution < -0.4 is 5.32 Å². The maximum absolute atomic E-state index is 12.1. The standard InChI is InChI=1S/C21H23N3O3S2/c1-3-27-19(26)10-7-11-22-18(25)13-28-20-16-12-17(15-8-5-4-6-9-15)29-21(16)24-14(2)23-20/h4-6,8-9,12H,3,7,10-11,13H2,1-2H3,(H,22,25). The molecule has 29 heavy (non-hydrogen) atoms. The smallest absolute Gasteiger partial charge is 0.305 e. The van der Waals surface area contributed by atoms with Gasteiger partial charge in [0, 0.05) is 23.2 Å². The Morgan fingerprint density at radius 2 is 2.00 bits per heavy atom. The van der Waals surface area contributed by atoms with Crippen molar-refractivity contribution in [2.75, 3.05) is 18.9 Å². The van der Waals surface area contributed by atoms with E-state index in [0.29, 0.717) is 31.8 Å². The van der Waals surface area contributed by atoms with Gasteiger partial charge in [0.1, 0.15) is 15.7 Å². The van der Waals surface area contributed by atoms with Gasteiger partial charge in [0.25, 0.3) is 0 Å². The Hall–Kier alpha value is -2.45. The number of thioether (sulfide) groups is 1. The molecule has 0 saturated heterocycles. The maximum Gasteiger partial charge on any atom is 0.305 e. The molecule has 6 nitrogen and oxygen atoms in total. The molecule has 8 heteroatoms. The fraction of sp³-hybridized carbons (Fsp3) is 0.333. The summed E-state index contributed by atoms with van der Waals surface area (Å²) in [5.74, 6) is 0.640. The number of aryl methyl sites for hydroxylation is 1. The van der Waals surface area contributed by atoms with E-state index in [-0.39, 0.29) is 17.6 Å². The topological polar surface area (TPSA) is 81.2 Å². The van der Waals surface area contributed by atoms with E-state index in [1.165, 1.54) is 11.8 Å². The number of nitrogens with one attached hydrogen (secondary N) is 1. The highest BCUT2D eigenvalue weighted by Gasteiger charge is 2.13. The summed E-state index contributed by atoms with van der Waals surface area (Å²) in [5.41, 5.74) is 1.14. The molecule has 2 heterocycles. The summed E-state index contributed by atoms with van der Waals surface area (Å²) >= 11 is 3.03. The van der Waals surface area contributed by atoms with E-state index in [1.54, 1.807) is 18.3 Å². The molecule has 0 atom stereocenters. The molecule has 0 bridgehead atoms. The van der Waals surface area contributed by atoms with Crippen LogP contribution in [0, 0.1) is 6.92 Å². The molecule has 0 saturated carbocycles. The SMILES string of the molecule is CCOC(=O)CCCNC(=O)CSc1nc(C)nc2sc(-c3ccccc3)cc12. The second kappa shape index (κ2) is 10.4. The number of rotatable bonds is 9. The van der Waals surface area contributed by atoms with Crippen molar-refractivity contribution in [1.29, 1.82) is 0 Å². The lowest BCUT2D eigenvalue weighted by Gasteiger charge is -2.06. The van der Waals surface area contributed by atoms with E-state index >= 15 is 0 Å². The number of benzene rings is 1. The van der Waals surface area contributed by atoms with Crippen molar-refractivity contribution in [3.05, 3.63) is 42.2 Å². The third-order valence-corrected chi connectivity index (χ3v) is 6.12. The van der Waals surface area contributed by atoms with Crippen LogP contribution >= 0.6 is 23.1 Å². The average molecular weight is 430 g/mol. The molecular weight excluding hydrogens is 406 g/mol. The van der Waals surface area contributed by atoms with Gasteiger partial charge in [-0.3, -0.25) is 9.59 Å². The number of nitrogens with zero attached hydrogens (tertiary/aromatic N) is 2. The van der Waals surface area contributed by atoms with Gasteiger partial charge >= 0.3 is 5.97 Å². The normalized spacial score (nSPS) is 10.8. The molecule has 0 unspecified atom stereocenters. The number of fused-ring (bicyclic) bond motifs is 1. The highest BCUT2D eigenvalue weighted by Crippen LogP contribution is 2.36. The van der Waals surface area contributed by atoms with Crippen LogP contribution in [0.25, 0.3) is 20.7 Å². The second-order valence-corrected chi connectivity index (χ2v) is 8.31.